The van der Waals surface area contributed by atoms with Crippen molar-refractivity contribution in [1.29, 1.82) is 0 Å². The molecule has 0 spiro atoms. The Morgan fingerprint density at radius 2 is 2.00 bits per heavy atom. The van der Waals surface area contributed by atoms with Crippen LogP contribution >= 0.6 is 11.8 Å². The Morgan fingerprint density at radius 1 is 1.39 bits per heavy atom. The molecule has 0 saturated carbocycles. The van der Waals surface area contributed by atoms with Gasteiger partial charge in [-0.3, -0.25) is 4.79 Å². The molecule has 0 aromatic heterocycles. The zero-order valence-corrected chi connectivity index (χ0v) is 12.4. The molecular weight excluding hydrogens is 246 g/mol. The summed E-state index contributed by atoms with van der Waals surface area (Å²) in [5, 5.41) is -0.229. The first-order chi connectivity index (χ1) is 8.19. The Morgan fingerprint density at radius 3 is 2.50 bits per heavy atom. The number of nitrogen functional groups attached to an aromatic ring is 1. The fourth-order valence-electron chi connectivity index (χ4n) is 1.36. The van der Waals surface area contributed by atoms with Crippen LogP contribution in [0.2, 0.25) is 0 Å². The maximum Gasteiger partial charge on any atom is 0.319 e. The van der Waals surface area contributed by atoms with Gasteiger partial charge in [0.2, 0.25) is 0 Å². The number of aryl methyl sites for hydroxylation is 1. The summed E-state index contributed by atoms with van der Waals surface area (Å²) in [6, 6.07) is 5.77. The number of carbonyl (C=O) groups excluding carboxylic acids is 1. The van der Waals surface area contributed by atoms with Crippen molar-refractivity contribution in [2.75, 3.05) is 5.73 Å². The number of rotatable bonds is 3. The van der Waals surface area contributed by atoms with E-state index in [1.165, 1.54) is 11.8 Å². The average molecular weight is 267 g/mol. The van der Waals surface area contributed by atoms with E-state index in [-0.39, 0.29) is 11.2 Å². The number of benzene rings is 1. The molecule has 0 aliphatic heterocycles. The Hall–Kier alpha value is -1.16. The fraction of sp³-hybridized carbons (Fsp3) is 0.500. The van der Waals surface area contributed by atoms with Gasteiger partial charge in [0.1, 0.15) is 10.9 Å². The van der Waals surface area contributed by atoms with E-state index in [1.54, 1.807) is 0 Å². The molecule has 0 aliphatic rings. The first-order valence-electron chi connectivity index (χ1n) is 5.94. The van der Waals surface area contributed by atoms with Crippen molar-refractivity contribution < 1.29 is 9.53 Å². The van der Waals surface area contributed by atoms with Gasteiger partial charge in [-0.25, -0.2) is 0 Å². The first kappa shape index (κ1) is 14.9. The number of ether oxygens (including phenoxy) is 1. The zero-order valence-electron chi connectivity index (χ0n) is 11.6. The van der Waals surface area contributed by atoms with Gasteiger partial charge >= 0.3 is 5.97 Å². The monoisotopic (exact) mass is 267 g/mol. The van der Waals surface area contributed by atoms with Crippen LogP contribution in [0.1, 0.15) is 33.3 Å². The van der Waals surface area contributed by atoms with E-state index in [1.807, 2.05) is 52.8 Å². The molecule has 0 aliphatic carbocycles. The third-order valence-electron chi connectivity index (χ3n) is 2.29. The van der Waals surface area contributed by atoms with Gasteiger partial charge in [0.05, 0.1) is 0 Å². The second-order valence-electron chi connectivity index (χ2n) is 5.31. The molecule has 2 N–H and O–H groups in total. The van der Waals surface area contributed by atoms with Crippen molar-refractivity contribution >= 4 is 23.4 Å². The summed E-state index contributed by atoms with van der Waals surface area (Å²) < 4.78 is 5.34. The molecule has 1 unspecified atom stereocenters. The average Bonchev–Trinajstić information content (AvgIpc) is 2.21. The molecule has 1 atom stereocenters. The number of nitrogens with two attached hydrogens (primary N) is 1. The molecule has 1 aromatic rings. The molecule has 0 amide bonds. The maximum atomic E-state index is 11.8. The summed E-state index contributed by atoms with van der Waals surface area (Å²) in [7, 11) is 0. The Labute approximate surface area is 113 Å². The van der Waals surface area contributed by atoms with Crippen molar-refractivity contribution in [2.24, 2.45) is 0 Å². The SMILES string of the molecule is Cc1cc(SC(C)C(=O)OC(C)(C)C)ccc1N. The van der Waals surface area contributed by atoms with E-state index in [9.17, 15) is 4.79 Å². The lowest BCUT2D eigenvalue weighted by atomic mass is 10.2. The van der Waals surface area contributed by atoms with Crippen molar-refractivity contribution in [1.82, 2.24) is 0 Å². The zero-order chi connectivity index (χ0) is 13.9. The molecule has 0 radical (unpaired) electrons. The standard InChI is InChI=1S/C14H21NO2S/c1-9-8-11(6-7-12(9)15)18-10(2)13(16)17-14(3,4)5/h6-8,10H,15H2,1-5H3. The molecule has 1 rings (SSSR count). The molecule has 100 valence electrons. The molecule has 3 nitrogen and oxygen atoms in total. The van der Waals surface area contributed by atoms with Gasteiger partial charge < -0.3 is 10.5 Å². The minimum Gasteiger partial charge on any atom is -0.459 e. The van der Waals surface area contributed by atoms with Gasteiger partial charge in [-0.15, -0.1) is 11.8 Å². The summed E-state index contributed by atoms with van der Waals surface area (Å²) in [5.41, 5.74) is 7.11. The molecule has 0 fully saturated rings. The lowest BCUT2D eigenvalue weighted by Gasteiger charge is -2.22. The Kier molecular flexibility index (Phi) is 4.68. The van der Waals surface area contributed by atoms with Crippen molar-refractivity contribution in [3.63, 3.8) is 0 Å². The number of hydrogen-bond acceptors (Lipinski definition) is 4. The van der Waals surface area contributed by atoms with Gasteiger partial charge in [-0.05, 0) is 58.4 Å². The minimum atomic E-state index is -0.442. The molecule has 0 bridgehead atoms. The van der Waals surface area contributed by atoms with Crippen molar-refractivity contribution in [2.45, 2.75) is 50.4 Å². The predicted molar refractivity (Wildman–Crippen MR) is 76.8 cm³/mol. The van der Waals surface area contributed by atoms with Gasteiger partial charge in [-0.2, -0.15) is 0 Å². The maximum absolute atomic E-state index is 11.8. The number of carbonyl (C=O) groups is 1. The summed E-state index contributed by atoms with van der Waals surface area (Å²) in [5.74, 6) is -0.193. The number of thioether (sulfide) groups is 1. The molecule has 1 aromatic carbocycles. The second-order valence-corrected chi connectivity index (χ2v) is 6.73. The molecule has 4 heteroatoms. The molecule has 0 heterocycles. The van der Waals surface area contributed by atoms with Crippen LogP contribution in [0.5, 0.6) is 0 Å². The van der Waals surface area contributed by atoms with Gasteiger partial charge in [0.25, 0.3) is 0 Å². The third kappa shape index (κ3) is 4.61. The fourth-order valence-corrected chi connectivity index (χ4v) is 2.30. The summed E-state index contributed by atoms with van der Waals surface area (Å²) in [6.07, 6.45) is 0. The highest BCUT2D eigenvalue weighted by molar-refractivity contribution is 8.00. The molecular formula is C14H21NO2S. The predicted octanol–water partition coefficient (Wildman–Crippen LogP) is 3.40. The highest BCUT2D eigenvalue weighted by Crippen LogP contribution is 2.27. The highest BCUT2D eigenvalue weighted by Gasteiger charge is 2.22. The van der Waals surface area contributed by atoms with Crippen LogP contribution in [0.3, 0.4) is 0 Å². The molecule has 0 saturated heterocycles. The molecule has 18 heavy (non-hydrogen) atoms. The summed E-state index contributed by atoms with van der Waals surface area (Å²) in [6.45, 7) is 9.42. The van der Waals surface area contributed by atoms with Gasteiger partial charge in [0, 0.05) is 10.6 Å². The quantitative estimate of drug-likeness (QED) is 0.518. The largest absolute Gasteiger partial charge is 0.459 e. The summed E-state index contributed by atoms with van der Waals surface area (Å²) >= 11 is 1.49. The van der Waals surface area contributed by atoms with Gasteiger partial charge in [0.15, 0.2) is 0 Å². The lowest BCUT2D eigenvalue weighted by Crippen LogP contribution is -2.28. The number of esters is 1. The normalized spacial score (nSPS) is 13.2. The van der Waals surface area contributed by atoms with E-state index in [0.717, 1.165) is 16.1 Å². The lowest BCUT2D eigenvalue weighted by molar-refractivity contribution is -0.153. The van der Waals surface area contributed by atoms with Crippen LogP contribution in [0.4, 0.5) is 5.69 Å². The Balaban J connectivity index is 2.66. The van der Waals surface area contributed by atoms with Crippen molar-refractivity contribution in [3.8, 4) is 0 Å². The van der Waals surface area contributed by atoms with Crippen LogP contribution in [0.15, 0.2) is 23.1 Å². The van der Waals surface area contributed by atoms with Crippen LogP contribution in [-0.4, -0.2) is 16.8 Å². The van der Waals surface area contributed by atoms with E-state index in [4.69, 9.17) is 10.5 Å². The van der Waals surface area contributed by atoms with Crippen LogP contribution in [0, 0.1) is 6.92 Å². The van der Waals surface area contributed by atoms with E-state index >= 15 is 0 Å². The topological polar surface area (TPSA) is 52.3 Å². The van der Waals surface area contributed by atoms with Crippen LogP contribution < -0.4 is 5.73 Å². The minimum absolute atomic E-state index is 0.193. The van der Waals surface area contributed by atoms with Crippen molar-refractivity contribution in [3.05, 3.63) is 23.8 Å². The van der Waals surface area contributed by atoms with E-state index in [0.29, 0.717) is 0 Å². The van der Waals surface area contributed by atoms with E-state index in [2.05, 4.69) is 0 Å². The summed E-state index contributed by atoms with van der Waals surface area (Å²) in [4.78, 5) is 12.9. The second kappa shape index (κ2) is 5.65. The smallest absolute Gasteiger partial charge is 0.319 e. The Bertz CT molecular complexity index is 438. The van der Waals surface area contributed by atoms with Crippen LogP contribution in [0.25, 0.3) is 0 Å². The van der Waals surface area contributed by atoms with Crippen LogP contribution in [-0.2, 0) is 9.53 Å². The van der Waals surface area contributed by atoms with Gasteiger partial charge in [-0.1, -0.05) is 0 Å². The third-order valence-corrected chi connectivity index (χ3v) is 3.36. The number of anilines is 1. The number of hydrogen-bond donors (Lipinski definition) is 1. The highest BCUT2D eigenvalue weighted by atomic mass is 32.2. The van der Waals surface area contributed by atoms with E-state index < -0.39 is 5.60 Å². The first-order valence-corrected chi connectivity index (χ1v) is 6.82.